The smallest absolute Gasteiger partial charge is 0.338 e. The molecule has 38 heavy (non-hydrogen) atoms. The fourth-order valence-electron chi connectivity index (χ4n) is 4.77. The van der Waals surface area contributed by atoms with Gasteiger partial charge in [0.15, 0.2) is 0 Å². The van der Waals surface area contributed by atoms with E-state index in [0.29, 0.717) is 24.3 Å². The van der Waals surface area contributed by atoms with Crippen LogP contribution in [0.3, 0.4) is 0 Å². The van der Waals surface area contributed by atoms with E-state index in [1.54, 1.807) is 24.3 Å². The minimum atomic E-state index is -0.321. The first-order chi connectivity index (χ1) is 18.7. The monoisotopic (exact) mass is 530 g/mol. The molecule has 0 spiro atoms. The van der Waals surface area contributed by atoms with Crippen LogP contribution < -0.4 is 0 Å². The van der Waals surface area contributed by atoms with Crippen LogP contribution in [0.4, 0.5) is 0 Å². The largest absolute Gasteiger partial charge is 0.462 e. The predicted octanol–water partition coefficient (Wildman–Crippen LogP) is 10.6. The third kappa shape index (κ3) is 19.3. The molecule has 0 aliphatic rings. The lowest BCUT2D eigenvalue weighted by Gasteiger charge is -2.07. The molecular weight excluding hydrogens is 472 g/mol. The molecule has 0 fully saturated rings. The van der Waals surface area contributed by atoms with E-state index in [-0.39, 0.29) is 11.9 Å². The minimum Gasteiger partial charge on any atom is -0.462 e. The fraction of sp³-hybridized carbons (Fsp3) is 0.765. The number of rotatable bonds is 26. The van der Waals surface area contributed by atoms with Crippen LogP contribution in [-0.2, 0) is 9.47 Å². The van der Waals surface area contributed by atoms with Crippen molar-refractivity contribution >= 4 is 11.9 Å². The molecule has 0 radical (unpaired) electrons. The summed E-state index contributed by atoms with van der Waals surface area (Å²) in [6.07, 6.45) is 28.0. The van der Waals surface area contributed by atoms with Crippen molar-refractivity contribution in [2.45, 2.75) is 155 Å². The Balaban J connectivity index is 2.01. The van der Waals surface area contributed by atoms with Crippen molar-refractivity contribution in [1.82, 2.24) is 0 Å². The summed E-state index contributed by atoms with van der Waals surface area (Å²) >= 11 is 0. The number of carbonyl (C=O) groups excluding carboxylic acids is 2. The van der Waals surface area contributed by atoms with Gasteiger partial charge in [-0.3, -0.25) is 0 Å². The maximum atomic E-state index is 12.3. The standard InChI is InChI=1S/C34H58O4/c1-3-5-7-9-11-13-15-17-19-21-23-29-37-33(35)31-25-27-32(28-26-31)34(36)38-30-24-22-20-18-16-14-12-10-8-6-4-2/h25-28H,3-24,29-30H2,1-2H3. The van der Waals surface area contributed by atoms with Crippen LogP contribution in [0.5, 0.6) is 0 Å². The van der Waals surface area contributed by atoms with Gasteiger partial charge in [-0.25, -0.2) is 9.59 Å². The molecule has 0 aromatic heterocycles. The Bertz CT molecular complexity index is 623. The molecule has 4 heteroatoms. The maximum absolute atomic E-state index is 12.3. The number of hydrogen-bond acceptors (Lipinski definition) is 4. The molecule has 4 nitrogen and oxygen atoms in total. The maximum Gasteiger partial charge on any atom is 0.338 e. The van der Waals surface area contributed by atoms with E-state index < -0.39 is 0 Å². The van der Waals surface area contributed by atoms with Crippen molar-refractivity contribution in [2.24, 2.45) is 0 Å². The SMILES string of the molecule is CCCCCCCCCCCCCOC(=O)c1ccc(C(=O)OCCCCCCCCCCCCC)cc1. The number of ether oxygens (including phenoxy) is 2. The van der Waals surface area contributed by atoms with Crippen molar-refractivity contribution in [3.05, 3.63) is 35.4 Å². The second kappa shape index (κ2) is 25.4. The second-order valence-electron chi connectivity index (χ2n) is 10.9. The van der Waals surface area contributed by atoms with Gasteiger partial charge in [0.2, 0.25) is 0 Å². The number of unbranched alkanes of at least 4 members (excludes halogenated alkanes) is 20. The van der Waals surface area contributed by atoms with E-state index >= 15 is 0 Å². The Morgan fingerprint density at radius 2 is 0.658 bits per heavy atom. The molecule has 1 rings (SSSR count). The third-order valence-corrected chi connectivity index (χ3v) is 7.32. The van der Waals surface area contributed by atoms with Gasteiger partial charge >= 0.3 is 11.9 Å². The summed E-state index contributed by atoms with van der Waals surface area (Å²) in [4.78, 5) is 24.5. The quantitative estimate of drug-likeness (QED) is 0.0882. The highest BCUT2D eigenvalue weighted by atomic mass is 16.5. The second-order valence-corrected chi connectivity index (χ2v) is 10.9. The highest BCUT2D eigenvalue weighted by molar-refractivity contribution is 5.93. The number of esters is 2. The molecule has 1 aromatic carbocycles. The van der Waals surface area contributed by atoms with Crippen molar-refractivity contribution in [2.75, 3.05) is 13.2 Å². The first-order valence-corrected chi connectivity index (χ1v) is 16.1. The van der Waals surface area contributed by atoms with Crippen LogP contribution >= 0.6 is 0 Å². The Labute approximate surface area is 234 Å². The summed E-state index contributed by atoms with van der Waals surface area (Å²) in [5, 5.41) is 0. The Morgan fingerprint density at radius 3 is 0.921 bits per heavy atom. The average Bonchev–Trinajstić information content (AvgIpc) is 2.94. The van der Waals surface area contributed by atoms with Crippen LogP contribution in [0.1, 0.15) is 176 Å². The lowest BCUT2D eigenvalue weighted by atomic mass is 10.1. The summed E-state index contributed by atoms with van der Waals surface area (Å²) in [5.74, 6) is -0.643. The average molecular weight is 531 g/mol. The Morgan fingerprint density at radius 1 is 0.421 bits per heavy atom. The third-order valence-electron chi connectivity index (χ3n) is 7.32. The number of benzene rings is 1. The normalized spacial score (nSPS) is 11.0. The molecule has 0 atom stereocenters. The van der Waals surface area contributed by atoms with Crippen LogP contribution in [0.15, 0.2) is 24.3 Å². The van der Waals surface area contributed by atoms with Gasteiger partial charge in [0.1, 0.15) is 0 Å². The van der Waals surface area contributed by atoms with E-state index in [1.165, 1.54) is 116 Å². The van der Waals surface area contributed by atoms with Crippen LogP contribution in [0.25, 0.3) is 0 Å². The van der Waals surface area contributed by atoms with Gasteiger partial charge in [-0.1, -0.05) is 142 Å². The summed E-state index contributed by atoms with van der Waals surface area (Å²) in [6.45, 7) is 5.43. The first kappa shape index (κ1) is 34.2. The van der Waals surface area contributed by atoms with E-state index in [9.17, 15) is 9.59 Å². The lowest BCUT2D eigenvalue weighted by Crippen LogP contribution is -2.09. The van der Waals surface area contributed by atoms with Gasteiger partial charge in [0.25, 0.3) is 0 Å². The fourth-order valence-corrected chi connectivity index (χ4v) is 4.77. The molecule has 0 aliphatic carbocycles. The molecule has 218 valence electrons. The molecule has 0 bridgehead atoms. The molecule has 0 saturated heterocycles. The van der Waals surface area contributed by atoms with Gasteiger partial charge < -0.3 is 9.47 Å². The van der Waals surface area contributed by atoms with Crippen molar-refractivity contribution < 1.29 is 19.1 Å². The highest BCUT2D eigenvalue weighted by Gasteiger charge is 2.11. The van der Waals surface area contributed by atoms with Crippen LogP contribution in [0, 0.1) is 0 Å². The van der Waals surface area contributed by atoms with E-state index in [0.717, 1.165) is 25.7 Å². The molecule has 0 unspecified atom stereocenters. The van der Waals surface area contributed by atoms with E-state index in [1.807, 2.05) is 0 Å². The summed E-state index contributed by atoms with van der Waals surface area (Å²) in [6, 6.07) is 6.62. The summed E-state index contributed by atoms with van der Waals surface area (Å²) in [7, 11) is 0. The van der Waals surface area contributed by atoms with Crippen molar-refractivity contribution in [3.63, 3.8) is 0 Å². The molecule has 0 heterocycles. The molecule has 0 N–H and O–H groups in total. The van der Waals surface area contributed by atoms with Gasteiger partial charge in [0.05, 0.1) is 24.3 Å². The Kier molecular flexibility index (Phi) is 22.9. The van der Waals surface area contributed by atoms with Gasteiger partial charge in [0, 0.05) is 0 Å². The molecule has 0 aliphatic heterocycles. The molecular formula is C34H58O4. The van der Waals surface area contributed by atoms with E-state index in [4.69, 9.17) is 9.47 Å². The van der Waals surface area contributed by atoms with Crippen molar-refractivity contribution in [1.29, 1.82) is 0 Å². The van der Waals surface area contributed by atoms with E-state index in [2.05, 4.69) is 13.8 Å². The summed E-state index contributed by atoms with van der Waals surface area (Å²) in [5.41, 5.74) is 0.963. The summed E-state index contributed by atoms with van der Waals surface area (Å²) < 4.78 is 10.8. The predicted molar refractivity (Wildman–Crippen MR) is 160 cm³/mol. The lowest BCUT2D eigenvalue weighted by molar-refractivity contribution is 0.0483. The first-order valence-electron chi connectivity index (χ1n) is 16.1. The zero-order valence-electron chi connectivity index (χ0n) is 24.9. The van der Waals surface area contributed by atoms with Crippen molar-refractivity contribution in [3.8, 4) is 0 Å². The minimum absolute atomic E-state index is 0.321. The Hall–Kier alpha value is -1.84. The number of carbonyl (C=O) groups is 2. The zero-order valence-corrected chi connectivity index (χ0v) is 24.9. The van der Waals surface area contributed by atoms with Gasteiger partial charge in [-0.15, -0.1) is 0 Å². The number of hydrogen-bond donors (Lipinski definition) is 0. The molecule has 0 saturated carbocycles. The van der Waals surface area contributed by atoms with Crippen LogP contribution in [-0.4, -0.2) is 25.2 Å². The van der Waals surface area contributed by atoms with Gasteiger partial charge in [-0.05, 0) is 37.1 Å². The highest BCUT2D eigenvalue weighted by Crippen LogP contribution is 2.14. The topological polar surface area (TPSA) is 52.6 Å². The zero-order chi connectivity index (χ0) is 27.5. The van der Waals surface area contributed by atoms with Gasteiger partial charge in [-0.2, -0.15) is 0 Å². The molecule has 1 aromatic rings. The molecule has 0 amide bonds. The van der Waals surface area contributed by atoms with Crippen LogP contribution in [0.2, 0.25) is 0 Å².